The Bertz CT molecular complexity index is 600. The van der Waals surface area contributed by atoms with Crippen LogP contribution in [0.15, 0.2) is 36.7 Å². The van der Waals surface area contributed by atoms with Gasteiger partial charge in [-0.1, -0.05) is 19.1 Å². The summed E-state index contributed by atoms with van der Waals surface area (Å²) in [5.41, 5.74) is 1.80. The Morgan fingerprint density at radius 3 is 2.81 bits per heavy atom. The van der Waals surface area contributed by atoms with Crippen LogP contribution in [-0.2, 0) is 6.54 Å². The quantitative estimate of drug-likeness (QED) is 0.935. The summed E-state index contributed by atoms with van der Waals surface area (Å²) >= 11 is 0. The summed E-state index contributed by atoms with van der Waals surface area (Å²) in [5, 5.41) is 6.14. The van der Waals surface area contributed by atoms with Gasteiger partial charge < -0.3 is 10.2 Å². The van der Waals surface area contributed by atoms with Crippen molar-refractivity contribution in [3.8, 4) is 0 Å². The van der Waals surface area contributed by atoms with Crippen LogP contribution in [0.2, 0.25) is 0 Å². The molecule has 112 valence electrons. The second-order valence-electron chi connectivity index (χ2n) is 6.77. The Balaban J connectivity index is 1.56. The Morgan fingerprint density at radius 2 is 2.00 bits per heavy atom. The summed E-state index contributed by atoms with van der Waals surface area (Å²) in [5.74, 6) is 0. The van der Waals surface area contributed by atoms with E-state index in [1.165, 1.54) is 42.3 Å². The first-order chi connectivity index (χ1) is 10.1. The Labute approximate surface area is 127 Å². The van der Waals surface area contributed by atoms with E-state index in [-0.39, 0.29) is 0 Å². The van der Waals surface area contributed by atoms with E-state index in [0.717, 1.165) is 13.1 Å². The SMILES string of the molecule is CN1CCC(C)(CNCc2ccc3cnccc3c2)CC1. The lowest BCUT2D eigenvalue weighted by molar-refractivity contribution is 0.137. The molecule has 0 amide bonds. The maximum absolute atomic E-state index is 4.16. The topological polar surface area (TPSA) is 28.2 Å². The van der Waals surface area contributed by atoms with Gasteiger partial charge >= 0.3 is 0 Å². The molecule has 1 saturated heterocycles. The van der Waals surface area contributed by atoms with E-state index in [4.69, 9.17) is 0 Å². The molecule has 21 heavy (non-hydrogen) atoms. The van der Waals surface area contributed by atoms with E-state index in [9.17, 15) is 0 Å². The molecule has 2 aromatic rings. The Morgan fingerprint density at radius 1 is 1.19 bits per heavy atom. The molecule has 0 bridgehead atoms. The van der Waals surface area contributed by atoms with Crippen molar-refractivity contribution in [2.75, 3.05) is 26.7 Å². The van der Waals surface area contributed by atoms with Gasteiger partial charge in [-0.25, -0.2) is 0 Å². The third kappa shape index (κ3) is 3.60. The number of nitrogens with zero attached hydrogens (tertiary/aromatic N) is 2. The molecule has 0 aliphatic carbocycles. The van der Waals surface area contributed by atoms with Gasteiger partial charge in [0.1, 0.15) is 0 Å². The number of nitrogens with one attached hydrogen (secondary N) is 1. The second-order valence-corrected chi connectivity index (χ2v) is 6.77. The molecule has 0 atom stereocenters. The van der Waals surface area contributed by atoms with Crippen LogP contribution in [0, 0.1) is 5.41 Å². The van der Waals surface area contributed by atoms with Gasteiger partial charge in [-0.2, -0.15) is 0 Å². The standard InChI is InChI=1S/C18H25N3/c1-18(6-9-21(2)10-7-18)14-20-12-15-3-4-17-13-19-8-5-16(17)11-15/h3-5,8,11,13,20H,6-7,9-10,12,14H2,1-2H3. The number of pyridine rings is 1. The lowest BCUT2D eigenvalue weighted by atomic mass is 9.80. The summed E-state index contributed by atoms with van der Waals surface area (Å²) in [6, 6.07) is 8.71. The maximum Gasteiger partial charge on any atom is 0.0346 e. The fraction of sp³-hybridized carbons (Fsp3) is 0.500. The number of piperidine rings is 1. The number of fused-ring (bicyclic) bond motifs is 1. The largest absolute Gasteiger partial charge is 0.312 e. The molecular formula is C18H25N3. The zero-order valence-corrected chi connectivity index (χ0v) is 13.1. The number of aromatic nitrogens is 1. The minimum Gasteiger partial charge on any atom is -0.312 e. The number of likely N-dealkylation sites (tertiary alicyclic amines) is 1. The van der Waals surface area contributed by atoms with Crippen molar-refractivity contribution in [1.29, 1.82) is 0 Å². The van der Waals surface area contributed by atoms with Crippen molar-refractivity contribution in [3.63, 3.8) is 0 Å². The number of hydrogen-bond acceptors (Lipinski definition) is 3. The fourth-order valence-corrected chi connectivity index (χ4v) is 3.09. The summed E-state index contributed by atoms with van der Waals surface area (Å²) in [6.45, 7) is 6.92. The molecule has 0 radical (unpaired) electrons. The van der Waals surface area contributed by atoms with Gasteiger partial charge in [-0.05, 0) is 61.5 Å². The van der Waals surface area contributed by atoms with Gasteiger partial charge in [-0.3, -0.25) is 4.98 Å². The molecule has 0 saturated carbocycles. The summed E-state index contributed by atoms with van der Waals surface area (Å²) in [4.78, 5) is 6.59. The molecule has 3 nitrogen and oxygen atoms in total. The van der Waals surface area contributed by atoms with Gasteiger partial charge in [-0.15, -0.1) is 0 Å². The van der Waals surface area contributed by atoms with E-state index in [0.29, 0.717) is 5.41 Å². The van der Waals surface area contributed by atoms with E-state index >= 15 is 0 Å². The lowest BCUT2D eigenvalue weighted by Gasteiger charge is -2.38. The van der Waals surface area contributed by atoms with Crippen LogP contribution in [0.5, 0.6) is 0 Å². The average Bonchev–Trinajstić information content (AvgIpc) is 2.50. The minimum atomic E-state index is 0.452. The van der Waals surface area contributed by atoms with Crippen LogP contribution in [0.4, 0.5) is 0 Å². The highest BCUT2D eigenvalue weighted by Gasteiger charge is 2.28. The highest BCUT2D eigenvalue weighted by atomic mass is 15.1. The minimum absolute atomic E-state index is 0.452. The first kappa shape index (κ1) is 14.5. The van der Waals surface area contributed by atoms with E-state index in [1.54, 1.807) is 0 Å². The van der Waals surface area contributed by atoms with E-state index < -0.39 is 0 Å². The maximum atomic E-state index is 4.16. The summed E-state index contributed by atoms with van der Waals surface area (Å²) in [6.07, 6.45) is 6.37. The molecule has 1 aliphatic rings. The van der Waals surface area contributed by atoms with Crippen molar-refractivity contribution in [2.24, 2.45) is 5.41 Å². The zero-order chi connectivity index (χ0) is 14.7. The molecule has 3 rings (SSSR count). The predicted octanol–water partition coefficient (Wildman–Crippen LogP) is 3.06. The predicted molar refractivity (Wildman–Crippen MR) is 88.3 cm³/mol. The van der Waals surface area contributed by atoms with Crippen LogP contribution >= 0.6 is 0 Å². The molecule has 3 heteroatoms. The van der Waals surface area contributed by atoms with Crippen molar-refractivity contribution < 1.29 is 0 Å². The lowest BCUT2D eigenvalue weighted by Crippen LogP contribution is -2.41. The van der Waals surface area contributed by atoms with Crippen molar-refractivity contribution >= 4 is 10.8 Å². The third-order valence-electron chi connectivity index (χ3n) is 4.78. The van der Waals surface area contributed by atoms with Crippen molar-refractivity contribution in [2.45, 2.75) is 26.3 Å². The smallest absolute Gasteiger partial charge is 0.0346 e. The Hall–Kier alpha value is -1.45. The van der Waals surface area contributed by atoms with Gasteiger partial charge in [0.25, 0.3) is 0 Å². The van der Waals surface area contributed by atoms with Crippen LogP contribution in [0.25, 0.3) is 10.8 Å². The number of benzene rings is 1. The normalized spacial score (nSPS) is 19.0. The molecule has 1 aromatic carbocycles. The molecule has 1 aliphatic heterocycles. The number of rotatable bonds is 4. The zero-order valence-electron chi connectivity index (χ0n) is 13.1. The van der Waals surface area contributed by atoms with E-state index in [2.05, 4.69) is 53.4 Å². The van der Waals surface area contributed by atoms with Gasteiger partial charge in [0.15, 0.2) is 0 Å². The summed E-state index contributed by atoms with van der Waals surface area (Å²) in [7, 11) is 2.22. The van der Waals surface area contributed by atoms with Gasteiger partial charge in [0.2, 0.25) is 0 Å². The third-order valence-corrected chi connectivity index (χ3v) is 4.78. The molecule has 1 N–H and O–H groups in total. The molecule has 0 unspecified atom stereocenters. The molecule has 2 heterocycles. The first-order valence-electron chi connectivity index (χ1n) is 7.87. The molecule has 1 fully saturated rings. The first-order valence-corrected chi connectivity index (χ1v) is 7.87. The fourth-order valence-electron chi connectivity index (χ4n) is 3.09. The second kappa shape index (κ2) is 6.12. The highest BCUT2D eigenvalue weighted by molar-refractivity contribution is 5.81. The van der Waals surface area contributed by atoms with Crippen molar-refractivity contribution in [1.82, 2.24) is 15.2 Å². The van der Waals surface area contributed by atoms with Gasteiger partial charge in [0.05, 0.1) is 0 Å². The molecule has 0 spiro atoms. The van der Waals surface area contributed by atoms with Gasteiger partial charge in [0, 0.05) is 30.9 Å². The van der Waals surface area contributed by atoms with Crippen LogP contribution in [0.3, 0.4) is 0 Å². The highest BCUT2D eigenvalue weighted by Crippen LogP contribution is 2.29. The van der Waals surface area contributed by atoms with Crippen LogP contribution < -0.4 is 5.32 Å². The number of hydrogen-bond donors (Lipinski definition) is 1. The average molecular weight is 283 g/mol. The van der Waals surface area contributed by atoms with Crippen LogP contribution in [0.1, 0.15) is 25.3 Å². The summed E-state index contributed by atoms with van der Waals surface area (Å²) < 4.78 is 0. The monoisotopic (exact) mass is 283 g/mol. The molecule has 1 aromatic heterocycles. The van der Waals surface area contributed by atoms with Crippen molar-refractivity contribution in [3.05, 3.63) is 42.2 Å². The molecular weight excluding hydrogens is 258 g/mol. The Kier molecular flexibility index (Phi) is 4.22. The van der Waals surface area contributed by atoms with Crippen LogP contribution in [-0.4, -0.2) is 36.6 Å². The van der Waals surface area contributed by atoms with E-state index in [1.807, 2.05) is 12.4 Å².